The average Bonchev–Trinajstić information content (AvgIpc) is 2.14. The highest BCUT2D eigenvalue weighted by Crippen LogP contribution is 2.16. The van der Waals surface area contributed by atoms with E-state index in [4.69, 9.17) is 0 Å². The first-order valence-corrected chi connectivity index (χ1v) is 5.09. The van der Waals surface area contributed by atoms with E-state index in [9.17, 15) is 13.2 Å². The van der Waals surface area contributed by atoms with E-state index in [-0.39, 0.29) is 6.61 Å². The van der Waals surface area contributed by atoms with E-state index in [0.29, 0.717) is 13.0 Å². The second-order valence-electron chi connectivity index (χ2n) is 3.79. The molecular formula is C9H17F3N2O. The normalized spacial score (nSPS) is 20.8. The van der Waals surface area contributed by atoms with E-state index in [1.54, 1.807) is 0 Å². The predicted molar refractivity (Wildman–Crippen MR) is 50.6 cm³/mol. The summed E-state index contributed by atoms with van der Waals surface area (Å²) in [5, 5.41) is 0. The van der Waals surface area contributed by atoms with Gasteiger partial charge in [-0.15, -0.1) is 13.2 Å². The lowest BCUT2D eigenvalue weighted by Crippen LogP contribution is -2.44. The second kappa shape index (κ2) is 5.67. The van der Waals surface area contributed by atoms with Crippen LogP contribution >= 0.6 is 0 Å². The number of piperazine rings is 1. The van der Waals surface area contributed by atoms with Gasteiger partial charge in [0, 0.05) is 32.7 Å². The molecule has 1 aliphatic rings. The molecule has 6 heteroatoms. The van der Waals surface area contributed by atoms with Crippen LogP contribution in [0.25, 0.3) is 0 Å². The van der Waals surface area contributed by atoms with Crippen LogP contribution in [0.1, 0.15) is 6.42 Å². The van der Waals surface area contributed by atoms with Gasteiger partial charge in [-0.05, 0) is 13.5 Å². The first kappa shape index (κ1) is 12.7. The van der Waals surface area contributed by atoms with Gasteiger partial charge in [0.25, 0.3) is 0 Å². The summed E-state index contributed by atoms with van der Waals surface area (Å²) in [4.78, 5) is 4.38. The first-order chi connectivity index (χ1) is 6.97. The smallest absolute Gasteiger partial charge is 0.304 e. The number of ether oxygens (including phenoxy) is 1. The Morgan fingerprint density at radius 2 is 1.73 bits per heavy atom. The molecule has 15 heavy (non-hydrogen) atoms. The summed E-state index contributed by atoms with van der Waals surface area (Å²) >= 11 is 0. The van der Waals surface area contributed by atoms with Crippen LogP contribution in [-0.2, 0) is 4.74 Å². The van der Waals surface area contributed by atoms with Gasteiger partial charge < -0.3 is 9.80 Å². The summed E-state index contributed by atoms with van der Waals surface area (Å²) in [6, 6.07) is 0. The molecule has 90 valence electrons. The van der Waals surface area contributed by atoms with Gasteiger partial charge in [-0.2, -0.15) is 0 Å². The third kappa shape index (κ3) is 5.96. The van der Waals surface area contributed by atoms with Gasteiger partial charge in [0.15, 0.2) is 0 Å². The van der Waals surface area contributed by atoms with Crippen LogP contribution in [0.15, 0.2) is 0 Å². The van der Waals surface area contributed by atoms with Crippen molar-refractivity contribution in [3.05, 3.63) is 0 Å². The minimum absolute atomic E-state index is 0.240. The summed E-state index contributed by atoms with van der Waals surface area (Å²) in [5.41, 5.74) is 0. The zero-order valence-electron chi connectivity index (χ0n) is 8.89. The first-order valence-electron chi connectivity index (χ1n) is 5.09. The monoisotopic (exact) mass is 226 g/mol. The Kier molecular flexibility index (Phi) is 4.82. The molecule has 1 heterocycles. The quantitative estimate of drug-likeness (QED) is 0.669. The van der Waals surface area contributed by atoms with Crippen LogP contribution in [-0.4, -0.2) is 62.5 Å². The Morgan fingerprint density at radius 1 is 1.13 bits per heavy atom. The van der Waals surface area contributed by atoms with Crippen molar-refractivity contribution >= 4 is 0 Å². The molecule has 0 spiro atoms. The third-order valence-corrected chi connectivity index (χ3v) is 2.48. The van der Waals surface area contributed by atoms with E-state index in [0.717, 1.165) is 26.2 Å². The minimum Gasteiger partial charge on any atom is -0.304 e. The molecule has 1 rings (SSSR count). The number of hydrogen-bond acceptors (Lipinski definition) is 3. The fourth-order valence-electron chi connectivity index (χ4n) is 1.55. The van der Waals surface area contributed by atoms with Gasteiger partial charge in [0.05, 0.1) is 6.61 Å². The maximum absolute atomic E-state index is 11.6. The Hall–Kier alpha value is -0.330. The Labute approximate surface area is 87.8 Å². The van der Waals surface area contributed by atoms with Crippen LogP contribution in [0, 0.1) is 0 Å². The maximum Gasteiger partial charge on any atom is 0.522 e. The lowest BCUT2D eigenvalue weighted by Gasteiger charge is -2.32. The number of alkyl halides is 3. The number of rotatable bonds is 4. The fourth-order valence-corrected chi connectivity index (χ4v) is 1.55. The predicted octanol–water partition coefficient (Wildman–Crippen LogP) is 1.16. The molecular weight excluding hydrogens is 209 g/mol. The summed E-state index contributed by atoms with van der Waals surface area (Å²) in [6.07, 6.45) is -4.05. The lowest BCUT2D eigenvalue weighted by molar-refractivity contribution is -0.324. The maximum atomic E-state index is 11.6. The largest absolute Gasteiger partial charge is 0.522 e. The molecule has 1 fully saturated rings. The topological polar surface area (TPSA) is 15.7 Å². The van der Waals surface area contributed by atoms with Crippen molar-refractivity contribution in [2.75, 3.05) is 46.4 Å². The van der Waals surface area contributed by atoms with Crippen molar-refractivity contribution in [3.63, 3.8) is 0 Å². The van der Waals surface area contributed by atoms with Crippen molar-refractivity contribution in [2.45, 2.75) is 12.8 Å². The van der Waals surface area contributed by atoms with Gasteiger partial charge >= 0.3 is 6.36 Å². The Balaban J connectivity index is 2.01. The molecule has 0 aromatic carbocycles. The minimum atomic E-state index is -4.48. The zero-order chi connectivity index (χ0) is 11.3. The van der Waals surface area contributed by atoms with Crippen LogP contribution in [0.5, 0.6) is 0 Å². The van der Waals surface area contributed by atoms with Gasteiger partial charge in [-0.1, -0.05) is 0 Å². The van der Waals surface area contributed by atoms with Crippen LogP contribution < -0.4 is 0 Å². The standard InChI is InChI=1S/C9H17F3N2O/c1-13-4-6-14(7-5-13)3-2-8-15-9(10,11)12/h2-8H2,1H3. The van der Waals surface area contributed by atoms with Crippen molar-refractivity contribution in [1.29, 1.82) is 0 Å². The molecule has 0 N–H and O–H groups in total. The molecule has 0 aromatic rings. The van der Waals surface area contributed by atoms with Gasteiger partial charge in [0.1, 0.15) is 0 Å². The number of likely N-dealkylation sites (N-methyl/N-ethyl adjacent to an activating group) is 1. The Bertz CT molecular complexity index is 179. The summed E-state index contributed by atoms with van der Waals surface area (Å²) in [7, 11) is 2.05. The van der Waals surface area contributed by atoms with Gasteiger partial charge in [-0.25, -0.2) is 0 Å². The van der Waals surface area contributed by atoms with Crippen LogP contribution in [0.3, 0.4) is 0 Å². The number of halogens is 3. The fraction of sp³-hybridized carbons (Fsp3) is 1.00. The average molecular weight is 226 g/mol. The molecule has 0 saturated carbocycles. The third-order valence-electron chi connectivity index (χ3n) is 2.48. The highest BCUT2D eigenvalue weighted by atomic mass is 19.4. The second-order valence-corrected chi connectivity index (χ2v) is 3.79. The van der Waals surface area contributed by atoms with Crippen LogP contribution in [0.4, 0.5) is 13.2 Å². The summed E-state index contributed by atoms with van der Waals surface area (Å²) in [6.45, 7) is 4.28. The van der Waals surface area contributed by atoms with Crippen molar-refractivity contribution < 1.29 is 17.9 Å². The highest BCUT2D eigenvalue weighted by molar-refractivity contribution is 4.68. The van der Waals surface area contributed by atoms with E-state index in [1.807, 2.05) is 7.05 Å². The molecule has 1 saturated heterocycles. The van der Waals surface area contributed by atoms with E-state index >= 15 is 0 Å². The van der Waals surface area contributed by atoms with E-state index < -0.39 is 6.36 Å². The van der Waals surface area contributed by atoms with Gasteiger partial charge in [0.2, 0.25) is 0 Å². The highest BCUT2D eigenvalue weighted by Gasteiger charge is 2.28. The summed E-state index contributed by atoms with van der Waals surface area (Å²) < 4.78 is 38.6. The number of nitrogens with zero attached hydrogens (tertiary/aromatic N) is 2. The van der Waals surface area contributed by atoms with Crippen molar-refractivity contribution in [3.8, 4) is 0 Å². The molecule has 0 aliphatic carbocycles. The zero-order valence-corrected chi connectivity index (χ0v) is 8.89. The molecule has 0 radical (unpaired) electrons. The summed E-state index contributed by atoms with van der Waals surface area (Å²) in [5.74, 6) is 0. The molecule has 0 aromatic heterocycles. The van der Waals surface area contributed by atoms with Crippen molar-refractivity contribution in [1.82, 2.24) is 9.80 Å². The number of hydrogen-bond donors (Lipinski definition) is 0. The molecule has 0 unspecified atom stereocenters. The lowest BCUT2D eigenvalue weighted by atomic mass is 10.3. The van der Waals surface area contributed by atoms with E-state index in [1.165, 1.54) is 0 Å². The van der Waals surface area contributed by atoms with Crippen LogP contribution in [0.2, 0.25) is 0 Å². The molecule has 1 aliphatic heterocycles. The van der Waals surface area contributed by atoms with E-state index in [2.05, 4.69) is 14.5 Å². The Morgan fingerprint density at radius 3 is 2.27 bits per heavy atom. The molecule has 0 bridgehead atoms. The molecule has 3 nitrogen and oxygen atoms in total. The molecule has 0 amide bonds. The van der Waals surface area contributed by atoms with Crippen molar-refractivity contribution in [2.24, 2.45) is 0 Å². The SMILES string of the molecule is CN1CCN(CCCOC(F)(F)F)CC1. The molecule has 0 atom stereocenters. The van der Waals surface area contributed by atoms with Gasteiger partial charge in [-0.3, -0.25) is 4.74 Å².